The molecule has 0 N–H and O–H groups in total. The lowest BCUT2D eigenvalue weighted by atomic mass is 9.82. The number of fused-ring (bicyclic) bond motifs is 2. The Morgan fingerprint density at radius 2 is 2.07 bits per heavy atom. The fourth-order valence-electron chi connectivity index (χ4n) is 4.32. The number of aromatic nitrogens is 3. The molecule has 154 valence electrons. The summed E-state index contributed by atoms with van der Waals surface area (Å²) in [7, 11) is 1.68. The third-order valence-corrected chi connectivity index (χ3v) is 7.25. The Kier molecular flexibility index (Phi) is 4.75. The minimum Gasteiger partial charge on any atom is -0.370 e. The van der Waals surface area contributed by atoms with Crippen LogP contribution in [0.15, 0.2) is 47.8 Å². The van der Waals surface area contributed by atoms with Gasteiger partial charge < -0.3 is 14.2 Å². The van der Waals surface area contributed by atoms with Crippen molar-refractivity contribution in [2.24, 2.45) is 7.05 Å². The van der Waals surface area contributed by atoms with Crippen LogP contribution in [0, 0.1) is 0 Å². The highest BCUT2D eigenvalue weighted by Crippen LogP contribution is 2.46. The van der Waals surface area contributed by atoms with E-state index in [1.165, 1.54) is 21.1 Å². The molecule has 30 heavy (non-hydrogen) atoms. The monoisotopic (exact) mass is 422 g/mol. The number of carbonyl (C=O) groups excluding carboxylic acids is 1. The van der Waals surface area contributed by atoms with E-state index in [0.717, 1.165) is 29.8 Å². The van der Waals surface area contributed by atoms with E-state index in [-0.39, 0.29) is 17.1 Å². The van der Waals surface area contributed by atoms with Crippen LogP contribution in [-0.4, -0.2) is 45.0 Å². The maximum atomic E-state index is 12.9. The number of hydrogen-bond acceptors (Lipinski definition) is 6. The Balaban J connectivity index is 1.37. The number of thiophene rings is 1. The van der Waals surface area contributed by atoms with Gasteiger partial charge in [0.15, 0.2) is 0 Å². The first-order valence-corrected chi connectivity index (χ1v) is 10.9. The molecule has 0 bridgehead atoms. The Hall–Kier alpha value is -2.84. The zero-order chi connectivity index (χ0) is 20.7. The number of aryl methyl sites for hydroxylation is 1. The number of pyridine rings is 1. The second-order valence-corrected chi connectivity index (χ2v) is 8.92. The maximum Gasteiger partial charge on any atom is 0.254 e. The molecule has 3 aromatic heterocycles. The van der Waals surface area contributed by atoms with E-state index >= 15 is 0 Å². The number of piperidine rings is 1. The maximum absolute atomic E-state index is 12.9. The van der Waals surface area contributed by atoms with Crippen molar-refractivity contribution >= 4 is 17.2 Å². The third-order valence-electron chi connectivity index (χ3n) is 6.03. The largest absolute Gasteiger partial charge is 0.370 e. The molecular weight excluding hydrogens is 400 g/mol. The lowest BCUT2D eigenvalue weighted by molar-refractivity contribution is -0.0926. The van der Waals surface area contributed by atoms with Gasteiger partial charge in [0, 0.05) is 61.7 Å². The highest BCUT2D eigenvalue weighted by molar-refractivity contribution is 7.15. The molecule has 5 heterocycles. The first kappa shape index (κ1) is 19.1. The van der Waals surface area contributed by atoms with Crippen LogP contribution >= 0.6 is 11.3 Å². The van der Waals surface area contributed by atoms with Gasteiger partial charge in [-0.25, -0.2) is 0 Å². The number of nitrogens with zero attached hydrogens (tertiary/aromatic N) is 4. The van der Waals surface area contributed by atoms with Gasteiger partial charge in [0.25, 0.3) is 11.5 Å². The van der Waals surface area contributed by atoms with Gasteiger partial charge in [-0.1, -0.05) is 0 Å². The standard InChI is InChI=1S/C22H22N4O3S/c1-25-8-2-15(12-20(25)27)21(28)26-9-4-22(5-10-26)16-13-19(17-14-23-6-7-24-17)30-18(16)3-11-29-22/h2,6-8,12-14H,3-5,9-11H2,1H3. The molecule has 1 spiro atoms. The van der Waals surface area contributed by atoms with Crippen LogP contribution in [0.4, 0.5) is 0 Å². The highest BCUT2D eigenvalue weighted by Gasteiger charge is 2.43. The van der Waals surface area contributed by atoms with E-state index in [0.29, 0.717) is 25.3 Å². The van der Waals surface area contributed by atoms with E-state index in [1.807, 2.05) is 4.90 Å². The number of amides is 1. The second-order valence-electron chi connectivity index (χ2n) is 7.79. The van der Waals surface area contributed by atoms with Gasteiger partial charge in [-0.3, -0.25) is 19.6 Å². The summed E-state index contributed by atoms with van der Waals surface area (Å²) in [5.41, 5.74) is 2.03. The molecule has 7 nitrogen and oxygen atoms in total. The zero-order valence-electron chi connectivity index (χ0n) is 16.7. The predicted molar refractivity (Wildman–Crippen MR) is 113 cm³/mol. The van der Waals surface area contributed by atoms with Crippen molar-refractivity contribution in [1.82, 2.24) is 19.4 Å². The molecule has 1 amide bonds. The van der Waals surface area contributed by atoms with E-state index in [4.69, 9.17) is 4.74 Å². The number of carbonyl (C=O) groups is 1. The summed E-state index contributed by atoms with van der Waals surface area (Å²) >= 11 is 1.76. The zero-order valence-corrected chi connectivity index (χ0v) is 17.5. The molecule has 1 fully saturated rings. The molecule has 2 aliphatic rings. The third kappa shape index (κ3) is 3.26. The SMILES string of the molecule is Cn1ccc(C(=O)N2CCC3(CC2)OCCc2sc(-c4cnccn4)cc23)cc1=O. The fourth-order valence-corrected chi connectivity index (χ4v) is 5.51. The Morgan fingerprint density at radius 1 is 1.23 bits per heavy atom. The molecule has 2 aliphatic heterocycles. The topological polar surface area (TPSA) is 77.3 Å². The van der Waals surface area contributed by atoms with Crippen molar-refractivity contribution in [1.29, 1.82) is 0 Å². The average Bonchev–Trinajstić information content (AvgIpc) is 3.23. The van der Waals surface area contributed by atoms with Gasteiger partial charge in [0.2, 0.25) is 0 Å². The van der Waals surface area contributed by atoms with Crippen molar-refractivity contribution in [3.05, 3.63) is 69.3 Å². The Morgan fingerprint density at radius 3 is 2.80 bits per heavy atom. The van der Waals surface area contributed by atoms with Crippen molar-refractivity contribution in [3.8, 4) is 10.6 Å². The fraction of sp³-hybridized carbons (Fsp3) is 0.364. The highest BCUT2D eigenvalue weighted by atomic mass is 32.1. The van der Waals surface area contributed by atoms with Crippen LogP contribution in [0.3, 0.4) is 0 Å². The summed E-state index contributed by atoms with van der Waals surface area (Å²) < 4.78 is 7.79. The molecule has 0 unspecified atom stereocenters. The van der Waals surface area contributed by atoms with Crippen LogP contribution in [0.5, 0.6) is 0 Å². The number of ether oxygens (including phenoxy) is 1. The van der Waals surface area contributed by atoms with Gasteiger partial charge in [0.05, 0.1) is 29.0 Å². The van der Waals surface area contributed by atoms with Crippen molar-refractivity contribution in [2.45, 2.75) is 24.9 Å². The molecule has 0 aliphatic carbocycles. The Labute approximate surface area is 178 Å². The van der Waals surface area contributed by atoms with Crippen LogP contribution in [-0.2, 0) is 23.8 Å². The summed E-state index contributed by atoms with van der Waals surface area (Å²) in [5, 5.41) is 0. The summed E-state index contributed by atoms with van der Waals surface area (Å²) in [6.07, 6.45) is 9.20. The lowest BCUT2D eigenvalue weighted by Crippen LogP contribution is -2.48. The molecule has 0 aromatic carbocycles. The van der Waals surface area contributed by atoms with Gasteiger partial charge in [-0.05, 0) is 30.5 Å². The molecule has 0 saturated carbocycles. The molecule has 0 radical (unpaired) electrons. The molecule has 0 atom stereocenters. The summed E-state index contributed by atoms with van der Waals surface area (Å²) in [6.45, 7) is 1.89. The van der Waals surface area contributed by atoms with Gasteiger partial charge in [-0.2, -0.15) is 0 Å². The first-order valence-electron chi connectivity index (χ1n) is 10.1. The first-order chi connectivity index (χ1) is 14.6. The van der Waals surface area contributed by atoms with Crippen molar-refractivity contribution in [2.75, 3.05) is 19.7 Å². The van der Waals surface area contributed by atoms with Gasteiger partial charge in [0.1, 0.15) is 0 Å². The average molecular weight is 423 g/mol. The quantitative estimate of drug-likeness (QED) is 0.635. The van der Waals surface area contributed by atoms with Crippen molar-refractivity contribution in [3.63, 3.8) is 0 Å². The van der Waals surface area contributed by atoms with E-state index in [2.05, 4.69) is 16.0 Å². The molecule has 1 saturated heterocycles. The number of likely N-dealkylation sites (tertiary alicyclic amines) is 1. The smallest absolute Gasteiger partial charge is 0.254 e. The molecule has 8 heteroatoms. The van der Waals surface area contributed by atoms with Gasteiger partial charge >= 0.3 is 0 Å². The lowest BCUT2D eigenvalue weighted by Gasteiger charge is -2.44. The Bertz CT molecular complexity index is 1150. The van der Waals surface area contributed by atoms with Crippen molar-refractivity contribution < 1.29 is 9.53 Å². The van der Waals surface area contributed by atoms with Gasteiger partial charge in [-0.15, -0.1) is 11.3 Å². The molecule has 5 rings (SSSR count). The summed E-state index contributed by atoms with van der Waals surface area (Å²) in [6, 6.07) is 5.31. The van der Waals surface area contributed by atoms with E-state index < -0.39 is 0 Å². The molecular formula is C22H22N4O3S. The number of rotatable bonds is 2. The predicted octanol–water partition coefficient (Wildman–Crippen LogP) is 2.61. The minimum atomic E-state index is -0.353. The second kappa shape index (κ2) is 7.45. The van der Waals surface area contributed by atoms with E-state index in [9.17, 15) is 9.59 Å². The minimum absolute atomic E-state index is 0.0934. The van der Waals surface area contributed by atoms with Crippen LogP contribution in [0.2, 0.25) is 0 Å². The summed E-state index contributed by atoms with van der Waals surface area (Å²) in [4.78, 5) is 37.7. The normalized spacial score (nSPS) is 17.7. The summed E-state index contributed by atoms with van der Waals surface area (Å²) in [5.74, 6) is -0.0934. The van der Waals surface area contributed by atoms with Crippen LogP contribution in [0.25, 0.3) is 10.6 Å². The van der Waals surface area contributed by atoms with Crippen LogP contribution < -0.4 is 5.56 Å². The van der Waals surface area contributed by atoms with Crippen LogP contribution in [0.1, 0.15) is 33.6 Å². The van der Waals surface area contributed by atoms with E-state index in [1.54, 1.807) is 49.2 Å². The number of hydrogen-bond donors (Lipinski definition) is 0. The molecule has 3 aromatic rings.